The summed E-state index contributed by atoms with van der Waals surface area (Å²) in [6.07, 6.45) is 0. The molecule has 0 fully saturated rings. The molecule has 0 aromatic heterocycles. The molecule has 0 unspecified atom stereocenters. The summed E-state index contributed by atoms with van der Waals surface area (Å²) in [4.78, 5) is 0. The number of rotatable bonds is 1. The summed E-state index contributed by atoms with van der Waals surface area (Å²) in [6.45, 7) is 12.2. The maximum atomic E-state index is 4.04. The third-order valence-electron chi connectivity index (χ3n) is 2.58. The van der Waals surface area contributed by atoms with Crippen molar-refractivity contribution < 1.29 is 74.2 Å². The van der Waals surface area contributed by atoms with Crippen molar-refractivity contribution in [3.8, 4) is 11.1 Å². The molecule has 0 bridgehead atoms. The monoisotopic (exact) mass is 410 g/mol. The molecule has 4 heteroatoms. The maximum absolute atomic E-state index is 4.04. The number of benzene rings is 2. The minimum absolute atomic E-state index is 0. The van der Waals surface area contributed by atoms with Gasteiger partial charge in [0.2, 0.25) is 0 Å². The van der Waals surface area contributed by atoms with Crippen LogP contribution in [0.4, 0.5) is 0 Å². The van der Waals surface area contributed by atoms with E-state index in [0.717, 1.165) is 22.3 Å². The van der Waals surface area contributed by atoms with Crippen LogP contribution in [0.3, 0.4) is 0 Å². The minimum Gasteiger partial charge on any atom is -0.280 e. The summed E-state index contributed by atoms with van der Waals surface area (Å²) < 4.78 is 0. The molecule has 0 saturated heterocycles. The van der Waals surface area contributed by atoms with E-state index in [9.17, 15) is 0 Å². The summed E-state index contributed by atoms with van der Waals surface area (Å²) in [5.74, 6) is 0. The zero-order chi connectivity index (χ0) is 11.7. The molecule has 2 rings (SSSR count). The zero-order valence-corrected chi connectivity index (χ0v) is 17.1. The van der Waals surface area contributed by atoms with Gasteiger partial charge in [-0.05, 0) is 0 Å². The van der Waals surface area contributed by atoms with Gasteiger partial charge in [0.15, 0.2) is 0 Å². The van der Waals surface area contributed by atoms with Crippen molar-refractivity contribution in [2.45, 2.75) is 13.8 Å². The van der Waals surface area contributed by atoms with Gasteiger partial charge in [0, 0.05) is 37.1 Å². The Morgan fingerprint density at radius 2 is 1.05 bits per heavy atom. The van der Waals surface area contributed by atoms with E-state index in [0.29, 0.717) is 0 Å². The van der Waals surface area contributed by atoms with Crippen molar-refractivity contribution in [2.24, 2.45) is 0 Å². The van der Waals surface area contributed by atoms with Crippen LogP contribution >= 0.6 is 0 Å². The molecule has 4 radical (unpaired) electrons. The number of hydrogen-bond acceptors (Lipinski definition) is 0. The van der Waals surface area contributed by atoms with Crippen LogP contribution in [0.1, 0.15) is 22.3 Å². The van der Waals surface area contributed by atoms with Gasteiger partial charge >= 0.3 is 37.1 Å². The van der Waals surface area contributed by atoms with Crippen LogP contribution in [0.5, 0.6) is 0 Å². The Bertz CT molecular complexity index is 486. The summed E-state index contributed by atoms with van der Waals surface area (Å²) >= 11 is 0. The van der Waals surface area contributed by atoms with E-state index in [1.807, 2.05) is 26.0 Å². The van der Waals surface area contributed by atoms with Gasteiger partial charge < -0.3 is 0 Å². The molecule has 0 aliphatic carbocycles. The first kappa shape index (κ1) is 25.5. The van der Waals surface area contributed by atoms with Crippen LogP contribution in [-0.2, 0) is 74.2 Å². The van der Waals surface area contributed by atoms with Crippen molar-refractivity contribution in [3.63, 3.8) is 0 Å². The zero-order valence-electron chi connectivity index (χ0n) is 11.5. The predicted molar refractivity (Wildman–Crippen MR) is 67.9 cm³/mol. The minimum atomic E-state index is 0. The van der Waals surface area contributed by atoms with Crippen molar-refractivity contribution in [3.05, 3.63) is 72.5 Å². The molecule has 0 heterocycles. The molecular formula is C16H14V4. The van der Waals surface area contributed by atoms with Gasteiger partial charge in [-0.25, -0.2) is 32.0 Å². The van der Waals surface area contributed by atoms with Crippen LogP contribution < -0.4 is 0 Å². The number of hydrogen-bond donors (Lipinski definition) is 0. The Morgan fingerprint density at radius 3 is 1.30 bits per heavy atom. The van der Waals surface area contributed by atoms with Gasteiger partial charge in [-0.1, -0.05) is 13.8 Å². The first-order valence-electron chi connectivity index (χ1n) is 5.27. The Kier molecular flexibility index (Phi) is 14.2. The van der Waals surface area contributed by atoms with E-state index < -0.39 is 0 Å². The second kappa shape index (κ2) is 11.1. The van der Waals surface area contributed by atoms with Crippen LogP contribution in [0.15, 0.2) is 24.3 Å². The van der Waals surface area contributed by atoms with Gasteiger partial charge in [-0.15, -0.1) is 0 Å². The summed E-state index contributed by atoms with van der Waals surface area (Å²) in [5, 5.41) is 0. The molecule has 0 spiro atoms. The summed E-state index contributed by atoms with van der Waals surface area (Å²) in [6, 6.07) is 14.5. The first-order valence-corrected chi connectivity index (χ1v) is 5.27. The number of aryl methyl sites for hydroxylation is 2. The van der Waals surface area contributed by atoms with Crippen LogP contribution in [0, 0.1) is 39.8 Å². The molecule has 20 heavy (non-hydrogen) atoms. The van der Waals surface area contributed by atoms with Crippen molar-refractivity contribution in [1.82, 2.24) is 0 Å². The molecule has 0 aliphatic rings. The van der Waals surface area contributed by atoms with E-state index in [1.165, 1.54) is 11.1 Å². The Hall–Kier alpha value is 0.518. The van der Waals surface area contributed by atoms with Gasteiger partial charge in [0.25, 0.3) is 0 Å². The molecule has 0 saturated carbocycles. The smallest absolute Gasteiger partial charge is 0.280 e. The quantitative estimate of drug-likeness (QED) is 0.626. The second-order valence-electron chi connectivity index (χ2n) is 4.15. The van der Waals surface area contributed by atoms with Crippen molar-refractivity contribution >= 4 is 0 Å². The first-order chi connectivity index (χ1) is 7.58. The van der Waals surface area contributed by atoms with Crippen LogP contribution in [0.25, 0.3) is 11.1 Å². The molecule has 0 N–H and O–H groups in total. The van der Waals surface area contributed by atoms with E-state index in [-0.39, 0.29) is 74.2 Å². The molecule has 0 atom stereocenters. The third kappa shape index (κ3) is 6.10. The molecule has 0 amide bonds. The fraction of sp³-hybridized carbons (Fsp3) is 0.125. The standard InChI is InChI=1S/C16H14.4V/c1-11-5-7-15(13(3)9-11)16-8-6-12(2)10-14(16)4;;;;/h5-6,9-10H,3-4H2,1-2H3;;;;/q-4;;;2*+2. The van der Waals surface area contributed by atoms with E-state index >= 15 is 0 Å². The average molecular weight is 410 g/mol. The third-order valence-corrected chi connectivity index (χ3v) is 2.58. The maximum Gasteiger partial charge on any atom is 2.00 e. The Balaban J connectivity index is -0.000000722. The van der Waals surface area contributed by atoms with Crippen molar-refractivity contribution in [1.29, 1.82) is 0 Å². The van der Waals surface area contributed by atoms with E-state index in [2.05, 4.69) is 38.1 Å². The van der Waals surface area contributed by atoms with Gasteiger partial charge in [0.1, 0.15) is 0 Å². The van der Waals surface area contributed by atoms with E-state index in [4.69, 9.17) is 0 Å². The van der Waals surface area contributed by atoms with Crippen LogP contribution in [0.2, 0.25) is 0 Å². The molecule has 0 aliphatic heterocycles. The van der Waals surface area contributed by atoms with Gasteiger partial charge in [-0.2, -0.15) is 29.3 Å². The molecule has 2 aromatic rings. The summed E-state index contributed by atoms with van der Waals surface area (Å²) in [7, 11) is 0. The second-order valence-corrected chi connectivity index (χ2v) is 4.15. The van der Waals surface area contributed by atoms with Crippen molar-refractivity contribution in [2.75, 3.05) is 0 Å². The van der Waals surface area contributed by atoms with Gasteiger partial charge in [-0.3, -0.25) is 22.3 Å². The normalized spacial score (nSPS) is 8.30. The largest absolute Gasteiger partial charge is 2.00 e. The fourth-order valence-electron chi connectivity index (χ4n) is 1.80. The summed E-state index contributed by atoms with van der Waals surface area (Å²) in [5.41, 5.74) is 6.29. The molecule has 98 valence electrons. The topological polar surface area (TPSA) is 0 Å². The molecule has 0 nitrogen and oxygen atoms in total. The van der Waals surface area contributed by atoms with E-state index in [1.54, 1.807) is 0 Å². The average Bonchev–Trinajstić information content (AvgIpc) is 2.19. The predicted octanol–water partition coefficient (Wildman–Crippen LogP) is 3.93. The fourth-order valence-corrected chi connectivity index (χ4v) is 1.80. The SMILES string of the molecule is [CH2-]c1cc(C)c[c-]c1-c1[c-]cc(C)cc1[CH2-].[V+2].[V+2].[V].[V]. The Morgan fingerprint density at radius 1 is 0.750 bits per heavy atom. The molecular weight excluding hydrogens is 396 g/mol. The van der Waals surface area contributed by atoms with Crippen LogP contribution in [-0.4, -0.2) is 0 Å². The Labute approximate surface area is 170 Å². The van der Waals surface area contributed by atoms with Gasteiger partial charge in [0.05, 0.1) is 0 Å². The molecule has 2 aromatic carbocycles.